The van der Waals surface area contributed by atoms with Gasteiger partial charge in [-0.15, -0.1) is 10.2 Å². The molecule has 146 valence electrons. The third kappa shape index (κ3) is 5.07. The van der Waals surface area contributed by atoms with E-state index in [1.807, 2.05) is 12.1 Å². The predicted molar refractivity (Wildman–Crippen MR) is 108 cm³/mol. The smallest absolute Gasteiger partial charge is 0.311 e. The molecule has 0 aliphatic rings. The second-order valence-corrected chi connectivity index (χ2v) is 7.77. The number of nitrogens with zero attached hydrogens (tertiary/aromatic N) is 4. The maximum Gasteiger partial charge on any atom is 0.311 e. The summed E-state index contributed by atoms with van der Waals surface area (Å²) in [5.74, 6) is 0.179. The average molecular weight is 427 g/mol. The summed E-state index contributed by atoms with van der Waals surface area (Å²) in [6.07, 6.45) is 0. The van der Waals surface area contributed by atoms with E-state index < -0.39 is 10.8 Å². The zero-order valence-corrected chi connectivity index (χ0v) is 16.6. The molecule has 1 N–H and O–H groups in total. The van der Waals surface area contributed by atoms with Crippen LogP contribution in [0.1, 0.15) is 21.5 Å². The molecular weight excluding hydrogens is 414 g/mol. The fourth-order valence-corrected chi connectivity index (χ4v) is 3.99. The van der Waals surface area contributed by atoms with E-state index in [1.54, 1.807) is 12.1 Å². The molecule has 0 aliphatic carbocycles. The molecule has 3 aromatic rings. The number of carbonyl (C=O) groups is 1. The first kappa shape index (κ1) is 20.2. The molecule has 0 bridgehead atoms. The van der Waals surface area contributed by atoms with Crippen molar-refractivity contribution in [3.05, 3.63) is 69.3 Å². The van der Waals surface area contributed by atoms with Crippen LogP contribution in [0.15, 0.2) is 46.8 Å². The Kier molecular flexibility index (Phi) is 6.38. The second kappa shape index (κ2) is 9.13. The first-order valence-electron chi connectivity index (χ1n) is 8.09. The molecule has 0 spiro atoms. The van der Waals surface area contributed by atoms with Gasteiger partial charge in [0, 0.05) is 17.4 Å². The Labute approximate surface area is 173 Å². The Morgan fingerprint density at radius 3 is 2.72 bits per heavy atom. The number of benzene rings is 2. The molecule has 11 heteroatoms. The number of ether oxygens (including phenoxy) is 1. The summed E-state index contributed by atoms with van der Waals surface area (Å²) >= 11 is 2.65. The van der Waals surface area contributed by atoms with Gasteiger partial charge in [0.05, 0.1) is 23.7 Å². The highest BCUT2D eigenvalue weighted by atomic mass is 32.2. The van der Waals surface area contributed by atoms with Crippen molar-refractivity contribution in [3.8, 4) is 11.8 Å². The molecule has 29 heavy (non-hydrogen) atoms. The highest BCUT2D eigenvalue weighted by Crippen LogP contribution is 2.30. The number of amides is 1. The lowest BCUT2D eigenvalue weighted by Gasteiger charge is -2.04. The number of rotatable bonds is 7. The molecule has 0 saturated carbocycles. The lowest BCUT2D eigenvalue weighted by atomic mass is 10.2. The monoisotopic (exact) mass is 427 g/mol. The molecule has 1 aromatic heterocycles. The Bertz CT molecular complexity index is 1090. The molecule has 0 fully saturated rings. The van der Waals surface area contributed by atoms with Crippen LogP contribution in [0.3, 0.4) is 0 Å². The summed E-state index contributed by atoms with van der Waals surface area (Å²) in [7, 11) is 1.32. The molecule has 0 atom stereocenters. The summed E-state index contributed by atoms with van der Waals surface area (Å²) in [6.45, 7) is 0. The van der Waals surface area contributed by atoms with Crippen molar-refractivity contribution in [3.63, 3.8) is 0 Å². The zero-order chi connectivity index (χ0) is 20.8. The topological polar surface area (TPSA) is 131 Å². The first-order valence-corrected chi connectivity index (χ1v) is 9.89. The normalized spacial score (nSPS) is 10.2. The number of thioether (sulfide) groups is 1. The maximum absolute atomic E-state index is 12.4. The number of nitrogens with one attached hydrogen (secondary N) is 1. The lowest BCUT2D eigenvalue weighted by molar-refractivity contribution is -0.385. The lowest BCUT2D eigenvalue weighted by Crippen LogP contribution is -2.12. The van der Waals surface area contributed by atoms with Crippen molar-refractivity contribution in [1.82, 2.24) is 10.2 Å². The Morgan fingerprint density at radius 2 is 2.07 bits per heavy atom. The number of hydrogen-bond donors (Lipinski definition) is 1. The van der Waals surface area contributed by atoms with Gasteiger partial charge in [0.1, 0.15) is 0 Å². The molecular formula is C18H13N5O4S2. The molecule has 9 nitrogen and oxygen atoms in total. The summed E-state index contributed by atoms with van der Waals surface area (Å²) in [5.41, 5.74) is 1.44. The molecule has 1 heterocycles. The molecule has 3 rings (SSSR count). The van der Waals surface area contributed by atoms with Crippen molar-refractivity contribution in [2.45, 2.75) is 10.1 Å². The maximum atomic E-state index is 12.4. The first-order chi connectivity index (χ1) is 14.0. The Morgan fingerprint density at radius 1 is 1.31 bits per heavy atom. The fraction of sp³-hybridized carbons (Fsp3) is 0.111. The van der Waals surface area contributed by atoms with Gasteiger partial charge >= 0.3 is 5.69 Å². The molecule has 0 saturated heterocycles. The average Bonchev–Trinajstić information content (AvgIpc) is 3.19. The van der Waals surface area contributed by atoms with E-state index in [1.165, 1.54) is 42.3 Å². The van der Waals surface area contributed by atoms with Gasteiger partial charge in [0.25, 0.3) is 5.91 Å². The molecule has 0 unspecified atom stereocenters. The van der Waals surface area contributed by atoms with Gasteiger partial charge in [0.2, 0.25) is 5.13 Å². The van der Waals surface area contributed by atoms with Gasteiger partial charge in [-0.3, -0.25) is 20.2 Å². The van der Waals surface area contributed by atoms with Crippen LogP contribution in [-0.4, -0.2) is 28.1 Å². The van der Waals surface area contributed by atoms with Gasteiger partial charge < -0.3 is 4.74 Å². The summed E-state index contributed by atoms with van der Waals surface area (Å²) in [4.78, 5) is 22.9. The minimum Gasteiger partial charge on any atom is -0.490 e. The summed E-state index contributed by atoms with van der Waals surface area (Å²) in [5, 5.41) is 30.7. The largest absolute Gasteiger partial charge is 0.490 e. The van der Waals surface area contributed by atoms with Crippen LogP contribution < -0.4 is 10.1 Å². The van der Waals surface area contributed by atoms with E-state index >= 15 is 0 Å². The van der Waals surface area contributed by atoms with E-state index in [2.05, 4.69) is 21.6 Å². The second-order valence-electron chi connectivity index (χ2n) is 5.57. The van der Waals surface area contributed by atoms with Crippen molar-refractivity contribution >= 4 is 39.8 Å². The van der Waals surface area contributed by atoms with Crippen LogP contribution in [0, 0.1) is 21.4 Å². The van der Waals surface area contributed by atoms with E-state index in [9.17, 15) is 14.9 Å². The Balaban J connectivity index is 1.63. The van der Waals surface area contributed by atoms with Gasteiger partial charge in [-0.2, -0.15) is 5.26 Å². The van der Waals surface area contributed by atoms with Crippen molar-refractivity contribution in [1.29, 1.82) is 5.26 Å². The number of nitro benzene ring substituents is 1. The molecule has 1 amide bonds. The summed E-state index contributed by atoms with van der Waals surface area (Å²) < 4.78 is 5.58. The fourth-order valence-electron chi connectivity index (χ4n) is 2.28. The quantitative estimate of drug-likeness (QED) is 0.260. The minimum atomic E-state index is -0.613. The van der Waals surface area contributed by atoms with Crippen LogP contribution in [0.25, 0.3) is 0 Å². The molecule has 0 aliphatic heterocycles. The number of nitriles is 1. The third-order valence-electron chi connectivity index (χ3n) is 3.71. The van der Waals surface area contributed by atoms with Crippen molar-refractivity contribution in [2.24, 2.45) is 0 Å². The number of aromatic nitrogens is 2. The number of carbonyl (C=O) groups excluding carboxylic acids is 1. The van der Waals surface area contributed by atoms with Crippen LogP contribution >= 0.6 is 23.1 Å². The van der Waals surface area contributed by atoms with Gasteiger partial charge in [-0.05, 0) is 29.8 Å². The van der Waals surface area contributed by atoms with E-state index in [-0.39, 0.29) is 22.1 Å². The van der Waals surface area contributed by atoms with Crippen molar-refractivity contribution < 1.29 is 14.5 Å². The number of anilines is 1. The molecule has 2 aromatic carbocycles. The van der Waals surface area contributed by atoms with Crippen LogP contribution in [0.5, 0.6) is 5.75 Å². The Hall–Kier alpha value is -3.49. The van der Waals surface area contributed by atoms with E-state index in [0.29, 0.717) is 15.7 Å². The van der Waals surface area contributed by atoms with Gasteiger partial charge in [-0.1, -0.05) is 35.2 Å². The SMILES string of the molecule is COc1ccc(C(=O)Nc2nnc(SCc3ccc(C#N)cc3)s2)cc1[N+](=O)[O-]. The van der Waals surface area contributed by atoms with E-state index in [4.69, 9.17) is 10.00 Å². The van der Waals surface area contributed by atoms with Crippen LogP contribution in [0.2, 0.25) is 0 Å². The standard InChI is InChI=1S/C18H13N5O4S2/c1-27-15-7-6-13(8-14(15)23(25)26)16(24)20-17-21-22-18(29-17)28-10-12-4-2-11(9-19)3-5-12/h2-8H,10H2,1H3,(H,20,21,24). The zero-order valence-electron chi connectivity index (χ0n) is 15.0. The van der Waals surface area contributed by atoms with E-state index in [0.717, 1.165) is 11.6 Å². The van der Waals surface area contributed by atoms with Crippen LogP contribution in [0.4, 0.5) is 10.8 Å². The molecule has 0 radical (unpaired) electrons. The number of nitro groups is 1. The number of methoxy groups -OCH3 is 1. The summed E-state index contributed by atoms with van der Waals surface area (Å²) in [6, 6.07) is 13.2. The highest BCUT2D eigenvalue weighted by molar-refractivity contribution is 8.00. The van der Waals surface area contributed by atoms with Crippen LogP contribution in [-0.2, 0) is 5.75 Å². The van der Waals surface area contributed by atoms with Gasteiger partial charge in [-0.25, -0.2) is 0 Å². The highest BCUT2D eigenvalue weighted by Gasteiger charge is 2.19. The van der Waals surface area contributed by atoms with Crippen molar-refractivity contribution in [2.75, 3.05) is 12.4 Å². The number of hydrogen-bond acceptors (Lipinski definition) is 9. The predicted octanol–water partition coefficient (Wildman–Crippen LogP) is 3.87. The third-order valence-corrected chi connectivity index (χ3v) is 5.75. The minimum absolute atomic E-state index is 0.0731. The van der Waals surface area contributed by atoms with Gasteiger partial charge in [0.15, 0.2) is 10.1 Å².